The van der Waals surface area contributed by atoms with Crippen LogP contribution in [0, 0.1) is 40.9 Å². The standard InChI is InChI=1S/C20H13N8/c1-10-2-4-11(5-3-10)15-13(8-23)18(12(6-21)7-22)27-20-16(15)17(25)14(9-24)19(26)28-20/h2-5,15H,1H3,(H5,25,26,27,28)/q-1. The molecule has 1 unspecified atom stereocenters. The largest absolute Gasteiger partial charge is 0.762 e. The first-order valence-corrected chi connectivity index (χ1v) is 8.11. The van der Waals surface area contributed by atoms with Crippen LogP contribution < -0.4 is 16.8 Å². The van der Waals surface area contributed by atoms with Crippen LogP contribution >= 0.6 is 0 Å². The van der Waals surface area contributed by atoms with Gasteiger partial charge in [-0.15, -0.1) is 0 Å². The molecule has 28 heavy (non-hydrogen) atoms. The summed E-state index contributed by atoms with van der Waals surface area (Å²) in [6, 6.07) is 13.2. The van der Waals surface area contributed by atoms with Gasteiger partial charge in [-0.1, -0.05) is 29.8 Å². The molecule has 5 N–H and O–H groups in total. The molecule has 3 rings (SSSR count). The van der Waals surface area contributed by atoms with Crippen molar-refractivity contribution in [1.29, 1.82) is 15.8 Å². The number of hydrogen-bond donors (Lipinski definition) is 3. The number of nitrogens with zero attached hydrogens (tertiary/aromatic N) is 5. The lowest BCUT2D eigenvalue weighted by Gasteiger charge is -2.30. The molecule has 1 aliphatic rings. The summed E-state index contributed by atoms with van der Waals surface area (Å²) in [6.07, 6.45) is 0. The van der Waals surface area contributed by atoms with Gasteiger partial charge in [0.1, 0.15) is 29.3 Å². The summed E-state index contributed by atoms with van der Waals surface area (Å²) in [6.45, 7) is 1.92. The molecule has 2 aromatic rings. The maximum absolute atomic E-state index is 9.85. The van der Waals surface area contributed by atoms with Gasteiger partial charge in [-0.3, -0.25) is 0 Å². The smallest absolute Gasteiger partial charge is 0.145 e. The molecular formula is C20H13N8-. The Kier molecular flexibility index (Phi) is 4.54. The van der Waals surface area contributed by atoms with Crippen LogP contribution in [0.4, 0.5) is 17.3 Å². The number of nitrogen functional groups attached to an aromatic ring is 2. The molecule has 1 atom stereocenters. The predicted octanol–water partition coefficient (Wildman–Crippen LogP) is 2.45. The highest BCUT2D eigenvalue weighted by molar-refractivity contribution is 5.85. The number of anilines is 3. The van der Waals surface area contributed by atoms with Crippen molar-refractivity contribution in [3.8, 4) is 18.2 Å². The van der Waals surface area contributed by atoms with Crippen molar-refractivity contribution < 1.29 is 0 Å². The van der Waals surface area contributed by atoms with Crippen LogP contribution in [-0.2, 0) is 0 Å². The molecule has 0 aliphatic carbocycles. The molecular weight excluding hydrogens is 352 g/mol. The van der Waals surface area contributed by atoms with Crippen molar-refractivity contribution in [3.05, 3.63) is 68.8 Å². The molecule has 0 bridgehead atoms. The topological polar surface area (TPSA) is 171 Å². The summed E-state index contributed by atoms with van der Waals surface area (Å²) in [4.78, 5) is 4.20. The minimum atomic E-state index is -0.714. The minimum absolute atomic E-state index is 0.0168. The number of hydrogen-bond acceptors (Lipinski definition) is 7. The van der Waals surface area contributed by atoms with E-state index in [9.17, 15) is 21.2 Å². The lowest BCUT2D eigenvalue weighted by molar-refractivity contribution is 0.933. The highest BCUT2D eigenvalue weighted by atomic mass is 15.1. The number of rotatable bonds is 2. The van der Waals surface area contributed by atoms with E-state index < -0.39 is 5.92 Å². The number of nitrogens with two attached hydrogens (primary N) is 2. The number of nitriles is 3. The van der Waals surface area contributed by atoms with Crippen LogP contribution in [0.3, 0.4) is 0 Å². The van der Waals surface area contributed by atoms with E-state index in [0.717, 1.165) is 5.56 Å². The number of nitrogens with one attached hydrogen (secondary N) is 1. The van der Waals surface area contributed by atoms with Crippen LogP contribution in [0.15, 0.2) is 41.1 Å². The van der Waals surface area contributed by atoms with Crippen molar-refractivity contribution in [2.75, 3.05) is 16.8 Å². The van der Waals surface area contributed by atoms with Gasteiger partial charge >= 0.3 is 0 Å². The zero-order valence-electron chi connectivity index (χ0n) is 14.8. The van der Waals surface area contributed by atoms with Gasteiger partial charge < -0.3 is 22.2 Å². The van der Waals surface area contributed by atoms with Gasteiger partial charge in [0.25, 0.3) is 0 Å². The molecule has 1 aliphatic heterocycles. The van der Waals surface area contributed by atoms with E-state index in [1.165, 1.54) is 0 Å². The molecule has 0 fully saturated rings. The molecule has 0 radical (unpaired) electrons. The van der Waals surface area contributed by atoms with E-state index in [1.54, 1.807) is 11.9 Å². The second-order valence-electron chi connectivity index (χ2n) is 6.13. The van der Waals surface area contributed by atoms with Crippen molar-refractivity contribution in [2.24, 2.45) is 0 Å². The maximum atomic E-state index is 9.85. The number of fused-ring (bicyclic) bond motifs is 1. The highest BCUT2D eigenvalue weighted by Crippen LogP contribution is 2.46. The Morgan fingerprint density at radius 3 is 2.36 bits per heavy atom. The Morgan fingerprint density at radius 1 is 1.14 bits per heavy atom. The predicted molar refractivity (Wildman–Crippen MR) is 105 cm³/mol. The normalized spacial score (nSPS) is 14.6. The Labute approximate surface area is 161 Å². The zero-order valence-corrected chi connectivity index (χ0v) is 14.8. The number of aryl methyl sites for hydroxylation is 1. The fraction of sp³-hybridized carbons (Fsp3) is 0.100. The summed E-state index contributed by atoms with van der Waals surface area (Å²) in [5, 5.41) is 40.7. The summed E-state index contributed by atoms with van der Waals surface area (Å²) in [7, 11) is 0. The first-order chi connectivity index (χ1) is 13.5. The molecule has 0 saturated carbocycles. The third kappa shape index (κ3) is 2.71. The fourth-order valence-electron chi connectivity index (χ4n) is 3.16. The van der Waals surface area contributed by atoms with Crippen LogP contribution in [0.25, 0.3) is 5.41 Å². The highest BCUT2D eigenvalue weighted by Gasteiger charge is 2.35. The van der Waals surface area contributed by atoms with E-state index in [4.69, 9.17) is 11.5 Å². The lowest BCUT2D eigenvalue weighted by Crippen LogP contribution is -2.23. The maximum Gasteiger partial charge on any atom is 0.145 e. The van der Waals surface area contributed by atoms with Crippen molar-refractivity contribution >= 4 is 23.2 Å². The van der Waals surface area contributed by atoms with E-state index in [-0.39, 0.29) is 39.7 Å². The quantitative estimate of drug-likeness (QED) is 0.541. The van der Waals surface area contributed by atoms with Crippen LogP contribution in [0.2, 0.25) is 0 Å². The fourth-order valence-corrected chi connectivity index (χ4v) is 3.16. The first kappa shape index (κ1) is 18.2. The average Bonchev–Trinajstić information content (AvgIpc) is 2.69. The average molecular weight is 365 g/mol. The SMILES string of the molecule is Cc1ccc(C2C(C#N)=C(C(=C=[N-])C#N)Nc3nc(N)c(C#N)c(N)c32)cc1. The monoisotopic (exact) mass is 365 g/mol. The lowest BCUT2D eigenvalue weighted by atomic mass is 9.80. The molecule has 1 aromatic heterocycles. The van der Waals surface area contributed by atoms with E-state index in [2.05, 4.69) is 16.4 Å². The first-order valence-electron chi connectivity index (χ1n) is 8.11. The van der Waals surface area contributed by atoms with Crippen LogP contribution in [0.1, 0.15) is 28.2 Å². The van der Waals surface area contributed by atoms with E-state index in [0.29, 0.717) is 11.1 Å². The third-order valence-electron chi connectivity index (χ3n) is 4.51. The molecule has 8 heteroatoms. The molecule has 8 nitrogen and oxygen atoms in total. The Morgan fingerprint density at radius 2 is 1.82 bits per heavy atom. The second-order valence-corrected chi connectivity index (χ2v) is 6.13. The second kappa shape index (κ2) is 6.97. The zero-order chi connectivity index (χ0) is 20.4. The van der Waals surface area contributed by atoms with Crippen molar-refractivity contribution in [2.45, 2.75) is 12.8 Å². The summed E-state index contributed by atoms with van der Waals surface area (Å²) >= 11 is 0. The molecule has 0 saturated heterocycles. The Balaban J connectivity index is 2.43. The van der Waals surface area contributed by atoms with Gasteiger partial charge in [0.05, 0.1) is 34.5 Å². The summed E-state index contributed by atoms with van der Waals surface area (Å²) < 4.78 is 0. The summed E-state index contributed by atoms with van der Waals surface area (Å²) in [5.74, 6) is 1.20. The Bertz CT molecular complexity index is 1190. The van der Waals surface area contributed by atoms with Gasteiger partial charge in [-0.05, 0) is 12.5 Å². The van der Waals surface area contributed by atoms with E-state index in [1.807, 2.05) is 37.3 Å². The van der Waals surface area contributed by atoms with Crippen LogP contribution in [-0.4, -0.2) is 10.9 Å². The number of allylic oxidation sites excluding steroid dienone is 2. The third-order valence-corrected chi connectivity index (χ3v) is 4.51. The van der Waals surface area contributed by atoms with Gasteiger partial charge in [-0.25, -0.2) is 10.9 Å². The molecule has 1 aromatic carbocycles. The van der Waals surface area contributed by atoms with Gasteiger partial charge in [0, 0.05) is 5.56 Å². The number of pyridine rings is 1. The number of benzene rings is 1. The van der Waals surface area contributed by atoms with Crippen LogP contribution in [0.5, 0.6) is 0 Å². The minimum Gasteiger partial charge on any atom is -0.762 e. The molecule has 2 heterocycles. The van der Waals surface area contributed by atoms with E-state index >= 15 is 0 Å². The van der Waals surface area contributed by atoms with Gasteiger partial charge in [-0.2, -0.15) is 15.8 Å². The molecule has 0 spiro atoms. The van der Waals surface area contributed by atoms with Crippen molar-refractivity contribution in [3.63, 3.8) is 0 Å². The van der Waals surface area contributed by atoms with Gasteiger partial charge in [0.2, 0.25) is 0 Å². The summed E-state index contributed by atoms with van der Waals surface area (Å²) in [5.41, 5.74) is 14.3. The molecule has 134 valence electrons. The molecule has 0 amide bonds. The number of aromatic nitrogens is 1. The van der Waals surface area contributed by atoms with Gasteiger partial charge in [0.15, 0.2) is 0 Å². The Hall–Kier alpha value is -4.57. The van der Waals surface area contributed by atoms with Crippen molar-refractivity contribution in [1.82, 2.24) is 4.98 Å².